The molecule has 4 heteroatoms. The number of nitrogens with one attached hydrogen (secondary N) is 1. The standard InChI is InChI=1S/C12H19NO2S/c1-4-8-13-16(14,15)12-7-6-11(5-2)10(3)9-12/h6-7,9,13H,4-5,8H2,1-3H3. The summed E-state index contributed by atoms with van der Waals surface area (Å²) in [6.45, 7) is 6.42. The van der Waals surface area contributed by atoms with Crippen LogP contribution in [0.3, 0.4) is 0 Å². The van der Waals surface area contributed by atoms with E-state index in [-0.39, 0.29) is 0 Å². The number of rotatable bonds is 5. The molecular formula is C12H19NO2S. The summed E-state index contributed by atoms with van der Waals surface area (Å²) in [6.07, 6.45) is 1.72. The average Bonchev–Trinajstić information content (AvgIpc) is 2.26. The summed E-state index contributed by atoms with van der Waals surface area (Å²) in [4.78, 5) is 0.357. The van der Waals surface area contributed by atoms with Crippen LogP contribution in [-0.2, 0) is 16.4 Å². The first-order valence-corrected chi connectivity index (χ1v) is 7.08. The van der Waals surface area contributed by atoms with E-state index in [0.29, 0.717) is 11.4 Å². The molecule has 0 unspecified atom stereocenters. The van der Waals surface area contributed by atoms with E-state index in [2.05, 4.69) is 11.6 Å². The van der Waals surface area contributed by atoms with Gasteiger partial charge in [0.1, 0.15) is 0 Å². The number of hydrogen-bond acceptors (Lipinski definition) is 2. The van der Waals surface area contributed by atoms with E-state index in [1.165, 1.54) is 5.56 Å². The quantitative estimate of drug-likeness (QED) is 0.859. The van der Waals surface area contributed by atoms with Gasteiger partial charge in [-0.25, -0.2) is 13.1 Å². The molecule has 0 saturated carbocycles. The van der Waals surface area contributed by atoms with Gasteiger partial charge in [-0.2, -0.15) is 0 Å². The van der Waals surface area contributed by atoms with Crippen LogP contribution in [0.5, 0.6) is 0 Å². The number of benzene rings is 1. The Hall–Kier alpha value is -0.870. The fourth-order valence-corrected chi connectivity index (χ4v) is 2.77. The summed E-state index contributed by atoms with van der Waals surface area (Å²) in [5, 5.41) is 0. The maximum Gasteiger partial charge on any atom is 0.240 e. The third-order valence-electron chi connectivity index (χ3n) is 2.55. The molecule has 0 bridgehead atoms. The predicted octanol–water partition coefficient (Wildman–Crippen LogP) is 2.25. The molecule has 0 radical (unpaired) electrons. The van der Waals surface area contributed by atoms with Crippen LogP contribution in [0.15, 0.2) is 23.1 Å². The Bertz CT molecular complexity index is 452. The highest BCUT2D eigenvalue weighted by atomic mass is 32.2. The zero-order valence-electron chi connectivity index (χ0n) is 10.1. The van der Waals surface area contributed by atoms with E-state index >= 15 is 0 Å². The van der Waals surface area contributed by atoms with Gasteiger partial charge >= 0.3 is 0 Å². The summed E-state index contributed by atoms with van der Waals surface area (Å²) in [5.74, 6) is 0. The Kier molecular flexibility index (Phi) is 4.50. The molecule has 1 rings (SSSR count). The number of sulfonamides is 1. The minimum Gasteiger partial charge on any atom is -0.211 e. The fourth-order valence-electron chi connectivity index (χ4n) is 1.55. The van der Waals surface area contributed by atoms with Crippen LogP contribution in [0.2, 0.25) is 0 Å². The molecule has 0 aromatic heterocycles. The lowest BCUT2D eigenvalue weighted by Gasteiger charge is -2.08. The summed E-state index contributed by atoms with van der Waals surface area (Å²) in [7, 11) is -3.32. The predicted molar refractivity (Wildman–Crippen MR) is 66.0 cm³/mol. The fraction of sp³-hybridized carbons (Fsp3) is 0.500. The van der Waals surface area contributed by atoms with Gasteiger partial charge in [-0.15, -0.1) is 0 Å². The van der Waals surface area contributed by atoms with Crippen molar-refractivity contribution < 1.29 is 8.42 Å². The van der Waals surface area contributed by atoms with Crippen molar-refractivity contribution in [3.8, 4) is 0 Å². The van der Waals surface area contributed by atoms with Gasteiger partial charge in [0.05, 0.1) is 4.90 Å². The molecule has 0 fully saturated rings. The van der Waals surface area contributed by atoms with E-state index in [1.807, 2.05) is 19.9 Å². The van der Waals surface area contributed by atoms with Crippen molar-refractivity contribution in [1.29, 1.82) is 0 Å². The van der Waals surface area contributed by atoms with Gasteiger partial charge in [-0.05, 0) is 43.0 Å². The van der Waals surface area contributed by atoms with E-state index in [4.69, 9.17) is 0 Å². The third kappa shape index (κ3) is 3.06. The molecule has 0 atom stereocenters. The second kappa shape index (κ2) is 5.46. The van der Waals surface area contributed by atoms with Gasteiger partial charge in [0.25, 0.3) is 0 Å². The second-order valence-corrected chi connectivity index (χ2v) is 5.61. The Balaban J connectivity index is 3.01. The molecular weight excluding hydrogens is 222 g/mol. The highest BCUT2D eigenvalue weighted by molar-refractivity contribution is 7.89. The summed E-state index contributed by atoms with van der Waals surface area (Å²) >= 11 is 0. The minimum atomic E-state index is -3.32. The molecule has 1 aromatic rings. The van der Waals surface area contributed by atoms with E-state index in [1.54, 1.807) is 12.1 Å². The molecule has 0 aliphatic rings. The van der Waals surface area contributed by atoms with Gasteiger partial charge in [0.2, 0.25) is 10.0 Å². The lowest BCUT2D eigenvalue weighted by atomic mass is 10.1. The van der Waals surface area contributed by atoms with E-state index < -0.39 is 10.0 Å². The van der Waals surface area contributed by atoms with Crippen LogP contribution in [0.4, 0.5) is 0 Å². The van der Waals surface area contributed by atoms with Crippen molar-refractivity contribution in [2.75, 3.05) is 6.54 Å². The van der Waals surface area contributed by atoms with Crippen LogP contribution in [0.25, 0.3) is 0 Å². The maximum absolute atomic E-state index is 11.8. The van der Waals surface area contributed by atoms with Crippen molar-refractivity contribution >= 4 is 10.0 Å². The van der Waals surface area contributed by atoms with E-state index in [0.717, 1.165) is 18.4 Å². The van der Waals surface area contributed by atoms with Crippen molar-refractivity contribution in [2.24, 2.45) is 0 Å². The van der Waals surface area contributed by atoms with Crippen LogP contribution >= 0.6 is 0 Å². The minimum absolute atomic E-state index is 0.357. The maximum atomic E-state index is 11.8. The molecule has 0 saturated heterocycles. The lowest BCUT2D eigenvalue weighted by molar-refractivity contribution is 0.580. The highest BCUT2D eigenvalue weighted by Crippen LogP contribution is 2.15. The van der Waals surface area contributed by atoms with Gasteiger partial charge < -0.3 is 0 Å². The van der Waals surface area contributed by atoms with Gasteiger partial charge in [-0.1, -0.05) is 19.9 Å². The molecule has 0 amide bonds. The molecule has 0 aliphatic carbocycles. The van der Waals surface area contributed by atoms with Gasteiger partial charge in [0.15, 0.2) is 0 Å². The van der Waals surface area contributed by atoms with Crippen LogP contribution in [0, 0.1) is 6.92 Å². The average molecular weight is 241 g/mol. The largest absolute Gasteiger partial charge is 0.240 e. The summed E-state index contributed by atoms with van der Waals surface area (Å²) in [6, 6.07) is 5.29. The van der Waals surface area contributed by atoms with E-state index in [9.17, 15) is 8.42 Å². The van der Waals surface area contributed by atoms with Crippen molar-refractivity contribution in [1.82, 2.24) is 4.72 Å². The Morgan fingerprint density at radius 2 is 1.94 bits per heavy atom. The van der Waals surface area contributed by atoms with Crippen LogP contribution < -0.4 is 4.72 Å². The normalized spacial score (nSPS) is 11.7. The summed E-state index contributed by atoms with van der Waals surface area (Å²) < 4.78 is 26.2. The zero-order chi connectivity index (χ0) is 12.2. The Morgan fingerprint density at radius 3 is 2.44 bits per heavy atom. The Morgan fingerprint density at radius 1 is 1.25 bits per heavy atom. The third-order valence-corrected chi connectivity index (χ3v) is 4.01. The zero-order valence-corrected chi connectivity index (χ0v) is 10.9. The SMILES string of the molecule is CCCNS(=O)(=O)c1ccc(CC)c(C)c1. The van der Waals surface area contributed by atoms with Crippen LogP contribution in [0.1, 0.15) is 31.4 Å². The van der Waals surface area contributed by atoms with Gasteiger partial charge in [0, 0.05) is 6.54 Å². The van der Waals surface area contributed by atoms with Crippen molar-refractivity contribution in [3.05, 3.63) is 29.3 Å². The molecule has 1 N–H and O–H groups in total. The van der Waals surface area contributed by atoms with Gasteiger partial charge in [-0.3, -0.25) is 0 Å². The molecule has 0 spiro atoms. The first-order valence-electron chi connectivity index (χ1n) is 5.60. The molecule has 0 heterocycles. The van der Waals surface area contributed by atoms with Crippen molar-refractivity contribution in [3.63, 3.8) is 0 Å². The smallest absolute Gasteiger partial charge is 0.211 e. The highest BCUT2D eigenvalue weighted by Gasteiger charge is 2.13. The molecule has 3 nitrogen and oxygen atoms in total. The first kappa shape index (κ1) is 13.2. The lowest BCUT2D eigenvalue weighted by Crippen LogP contribution is -2.24. The number of hydrogen-bond donors (Lipinski definition) is 1. The van der Waals surface area contributed by atoms with Crippen LogP contribution in [-0.4, -0.2) is 15.0 Å². The first-order chi connectivity index (χ1) is 7.51. The molecule has 90 valence electrons. The Labute approximate surface area is 97.9 Å². The molecule has 0 aliphatic heterocycles. The topological polar surface area (TPSA) is 46.2 Å². The van der Waals surface area contributed by atoms with Crippen molar-refractivity contribution in [2.45, 2.75) is 38.5 Å². The second-order valence-electron chi connectivity index (χ2n) is 3.84. The monoisotopic (exact) mass is 241 g/mol. The number of aryl methyl sites for hydroxylation is 2. The summed E-state index contributed by atoms with van der Waals surface area (Å²) in [5.41, 5.74) is 2.22. The molecule has 16 heavy (non-hydrogen) atoms. The molecule has 1 aromatic carbocycles.